The molecule has 1 aliphatic heterocycles. The average Bonchev–Trinajstić information content (AvgIpc) is 3.39. The Bertz CT molecular complexity index is 880. The highest BCUT2D eigenvalue weighted by Gasteiger charge is 2.30. The van der Waals surface area contributed by atoms with E-state index in [2.05, 4.69) is 15.5 Å². The van der Waals surface area contributed by atoms with Crippen molar-refractivity contribution in [2.24, 2.45) is 5.92 Å². The van der Waals surface area contributed by atoms with E-state index < -0.39 is 11.9 Å². The number of rotatable bonds is 4. The number of hydrogen-bond acceptors (Lipinski definition) is 5. The van der Waals surface area contributed by atoms with Crippen molar-refractivity contribution >= 4 is 29.3 Å². The summed E-state index contributed by atoms with van der Waals surface area (Å²) in [5, 5.41) is 16.5. The summed E-state index contributed by atoms with van der Waals surface area (Å²) < 4.78 is 5.36. The van der Waals surface area contributed by atoms with Gasteiger partial charge in [-0.15, -0.1) is 0 Å². The molecule has 0 bridgehead atoms. The Labute approximate surface area is 160 Å². The van der Waals surface area contributed by atoms with Crippen molar-refractivity contribution in [1.82, 2.24) is 15.0 Å². The van der Waals surface area contributed by atoms with Crippen LogP contribution in [-0.2, 0) is 4.79 Å². The predicted molar refractivity (Wildman–Crippen MR) is 97.7 cm³/mol. The second-order valence-corrected chi connectivity index (χ2v) is 7.41. The van der Waals surface area contributed by atoms with Crippen LogP contribution in [0.15, 0.2) is 22.7 Å². The first-order valence-corrected chi connectivity index (χ1v) is 9.31. The molecule has 1 unspecified atom stereocenters. The maximum Gasteiger partial charge on any atom is 0.321 e. The van der Waals surface area contributed by atoms with Gasteiger partial charge in [-0.05, 0) is 43.9 Å². The highest BCUT2D eigenvalue weighted by atomic mass is 35.5. The van der Waals surface area contributed by atoms with E-state index in [-0.39, 0.29) is 12.6 Å². The van der Waals surface area contributed by atoms with Gasteiger partial charge in [0.15, 0.2) is 5.82 Å². The number of aliphatic carboxylic acids is 1. The molecule has 2 amide bonds. The molecule has 1 saturated carbocycles. The Hall–Kier alpha value is -2.61. The average molecular weight is 391 g/mol. The van der Waals surface area contributed by atoms with E-state index in [0.29, 0.717) is 53.3 Å². The number of carboxylic acids is 1. The molecule has 0 radical (unpaired) electrons. The van der Waals surface area contributed by atoms with Crippen LogP contribution in [0.25, 0.3) is 11.5 Å². The molecule has 2 aromatic rings. The maximum absolute atomic E-state index is 12.7. The zero-order chi connectivity index (χ0) is 19.0. The SMILES string of the molecule is O=C(O)C1CCCN(C(=O)Nc2cc(Cl)ccc2-c2nc(C3CC3)no2)C1. The van der Waals surface area contributed by atoms with Gasteiger partial charge < -0.3 is 19.8 Å². The van der Waals surface area contributed by atoms with Crippen LogP contribution in [-0.4, -0.2) is 45.2 Å². The number of hydrogen-bond donors (Lipinski definition) is 2. The minimum absolute atomic E-state index is 0.184. The second-order valence-electron chi connectivity index (χ2n) is 6.98. The Balaban J connectivity index is 1.54. The number of carboxylic acid groups (broad SMARTS) is 1. The number of halogens is 1. The van der Waals surface area contributed by atoms with Gasteiger partial charge in [0.2, 0.25) is 0 Å². The number of aromatic nitrogens is 2. The molecule has 9 heteroatoms. The number of likely N-dealkylation sites (tertiary alicyclic amines) is 1. The van der Waals surface area contributed by atoms with Gasteiger partial charge in [-0.1, -0.05) is 16.8 Å². The molecular weight excluding hydrogens is 372 g/mol. The molecule has 142 valence electrons. The molecule has 0 spiro atoms. The van der Waals surface area contributed by atoms with Gasteiger partial charge in [0.05, 0.1) is 17.2 Å². The lowest BCUT2D eigenvalue weighted by Gasteiger charge is -2.30. The Kier molecular flexibility index (Phi) is 4.73. The monoisotopic (exact) mass is 390 g/mol. The van der Waals surface area contributed by atoms with Crippen LogP contribution in [0.4, 0.5) is 10.5 Å². The van der Waals surface area contributed by atoms with Crippen molar-refractivity contribution in [3.8, 4) is 11.5 Å². The lowest BCUT2D eigenvalue weighted by atomic mass is 9.99. The number of anilines is 1. The fourth-order valence-electron chi connectivity index (χ4n) is 3.22. The third-order valence-electron chi connectivity index (χ3n) is 4.90. The van der Waals surface area contributed by atoms with Gasteiger partial charge in [-0.2, -0.15) is 4.98 Å². The van der Waals surface area contributed by atoms with Crippen LogP contribution in [0, 0.1) is 5.92 Å². The molecule has 2 heterocycles. The fourth-order valence-corrected chi connectivity index (χ4v) is 3.39. The van der Waals surface area contributed by atoms with E-state index in [1.54, 1.807) is 18.2 Å². The van der Waals surface area contributed by atoms with E-state index in [1.807, 2.05) is 0 Å². The molecule has 2 N–H and O–H groups in total. The van der Waals surface area contributed by atoms with E-state index in [1.165, 1.54) is 4.90 Å². The molecule has 4 rings (SSSR count). The first-order valence-electron chi connectivity index (χ1n) is 8.93. The third-order valence-corrected chi connectivity index (χ3v) is 5.13. The highest BCUT2D eigenvalue weighted by Crippen LogP contribution is 2.39. The number of benzene rings is 1. The zero-order valence-corrected chi connectivity index (χ0v) is 15.3. The Morgan fingerprint density at radius 3 is 2.85 bits per heavy atom. The number of carbonyl (C=O) groups is 2. The van der Waals surface area contributed by atoms with Crippen LogP contribution in [0.1, 0.15) is 37.4 Å². The fraction of sp³-hybridized carbons (Fsp3) is 0.444. The number of piperidine rings is 1. The molecule has 2 fully saturated rings. The van der Waals surface area contributed by atoms with Gasteiger partial charge in [-0.25, -0.2) is 4.79 Å². The van der Waals surface area contributed by atoms with E-state index in [9.17, 15) is 14.7 Å². The summed E-state index contributed by atoms with van der Waals surface area (Å²) >= 11 is 6.09. The lowest BCUT2D eigenvalue weighted by Crippen LogP contribution is -2.44. The highest BCUT2D eigenvalue weighted by molar-refractivity contribution is 6.31. The second kappa shape index (κ2) is 7.19. The summed E-state index contributed by atoms with van der Waals surface area (Å²) in [4.78, 5) is 29.8. The number of nitrogens with zero attached hydrogens (tertiary/aromatic N) is 3. The first kappa shape index (κ1) is 17.8. The standard InChI is InChI=1S/C18H19ClN4O4/c19-12-5-6-13(16-21-15(22-27-16)10-3-4-10)14(8-12)20-18(26)23-7-1-2-11(9-23)17(24)25/h5-6,8,10-11H,1-4,7,9H2,(H,20,26)(H,24,25). The molecule has 1 aliphatic carbocycles. The van der Waals surface area contributed by atoms with Gasteiger partial charge in [0.25, 0.3) is 5.89 Å². The zero-order valence-electron chi connectivity index (χ0n) is 14.5. The first-order chi connectivity index (χ1) is 13.0. The van der Waals surface area contributed by atoms with Crippen molar-refractivity contribution in [1.29, 1.82) is 0 Å². The summed E-state index contributed by atoms with van der Waals surface area (Å²) in [7, 11) is 0. The third kappa shape index (κ3) is 3.90. The minimum atomic E-state index is -0.880. The molecule has 1 atom stereocenters. The van der Waals surface area contributed by atoms with Gasteiger partial charge in [0.1, 0.15) is 0 Å². The lowest BCUT2D eigenvalue weighted by molar-refractivity contribution is -0.143. The number of amides is 2. The van der Waals surface area contributed by atoms with Crippen LogP contribution < -0.4 is 5.32 Å². The molecule has 1 aromatic carbocycles. The largest absolute Gasteiger partial charge is 0.481 e. The summed E-state index contributed by atoms with van der Waals surface area (Å²) in [6, 6.07) is 4.66. The van der Waals surface area contributed by atoms with Crippen LogP contribution >= 0.6 is 11.6 Å². The van der Waals surface area contributed by atoms with E-state index >= 15 is 0 Å². The van der Waals surface area contributed by atoms with Crippen molar-refractivity contribution in [2.45, 2.75) is 31.6 Å². The van der Waals surface area contributed by atoms with E-state index in [4.69, 9.17) is 16.1 Å². The predicted octanol–water partition coefficient (Wildman–Crippen LogP) is 3.60. The van der Waals surface area contributed by atoms with Crippen molar-refractivity contribution in [3.63, 3.8) is 0 Å². The molecule has 2 aliphatic rings. The van der Waals surface area contributed by atoms with Gasteiger partial charge in [-0.3, -0.25) is 4.79 Å². The van der Waals surface area contributed by atoms with Crippen molar-refractivity contribution in [3.05, 3.63) is 29.0 Å². The Morgan fingerprint density at radius 1 is 1.30 bits per heavy atom. The van der Waals surface area contributed by atoms with Crippen LogP contribution in [0.5, 0.6) is 0 Å². The summed E-state index contributed by atoms with van der Waals surface area (Å²) in [6.07, 6.45) is 3.35. The summed E-state index contributed by atoms with van der Waals surface area (Å²) in [5.41, 5.74) is 1.04. The number of urea groups is 1. The number of carbonyl (C=O) groups excluding carboxylic acids is 1. The molecule has 1 saturated heterocycles. The minimum Gasteiger partial charge on any atom is -0.481 e. The molecule has 8 nitrogen and oxygen atoms in total. The molecular formula is C18H19ClN4O4. The van der Waals surface area contributed by atoms with Crippen LogP contribution in [0.3, 0.4) is 0 Å². The van der Waals surface area contributed by atoms with Crippen molar-refractivity contribution in [2.75, 3.05) is 18.4 Å². The van der Waals surface area contributed by atoms with Crippen molar-refractivity contribution < 1.29 is 19.2 Å². The summed E-state index contributed by atoms with van der Waals surface area (Å²) in [6.45, 7) is 0.696. The van der Waals surface area contributed by atoms with Gasteiger partial charge >= 0.3 is 12.0 Å². The molecule has 27 heavy (non-hydrogen) atoms. The normalized spacial score (nSPS) is 19.7. The summed E-state index contributed by atoms with van der Waals surface area (Å²) in [5.74, 6) is -0.0626. The quantitative estimate of drug-likeness (QED) is 0.825. The van der Waals surface area contributed by atoms with E-state index in [0.717, 1.165) is 12.8 Å². The maximum atomic E-state index is 12.7. The Morgan fingerprint density at radius 2 is 2.11 bits per heavy atom. The smallest absolute Gasteiger partial charge is 0.321 e. The molecule has 1 aromatic heterocycles. The van der Waals surface area contributed by atoms with Crippen LogP contribution in [0.2, 0.25) is 5.02 Å². The number of nitrogens with one attached hydrogen (secondary N) is 1. The van der Waals surface area contributed by atoms with Gasteiger partial charge in [0, 0.05) is 24.0 Å². The topological polar surface area (TPSA) is 109 Å².